The van der Waals surface area contributed by atoms with Gasteiger partial charge in [0.2, 0.25) is 0 Å². The van der Waals surface area contributed by atoms with Crippen LogP contribution in [0.2, 0.25) is 0 Å². The molecule has 0 bridgehead atoms. The first kappa shape index (κ1) is 10.2. The summed E-state index contributed by atoms with van der Waals surface area (Å²) in [6.45, 7) is 1.89. The summed E-state index contributed by atoms with van der Waals surface area (Å²) in [4.78, 5) is 10.9. The van der Waals surface area contributed by atoms with Crippen LogP contribution in [0.1, 0.15) is 19.8 Å². The van der Waals surface area contributed by atoms with Crippen LogP contribution < -0.4 is 0 Å². The lowest BCUT2D eigenvalue weighted by Gasteiger charge is -2.01. The number of aliphatic hydroxyl groups excluding tert-OH is 1. The molecule has 0 aromatic carbocycles. The summed E-state index contributed by atoms with van der Waals surface area (Å²) in [6, 6.07) is 0. The molecule has 0 amide bonds. The molecule has 0 rings (SSSR count). The van der Waals surface area contributed by atoms with Gasteiger partial charge in [-0.2, -0.15) is 0 Å². The fourth-order valence-corrected chi connectivity index (χ4v) is 0.765. The SMILES string of the molecule is CC=C(CCCO)C(=O)OC. The van der Waals surface area contributed by atoms with Crippen molar-refractivity contribution < 1.29 is 14.6 Å². The van der Waals surface area contributed by atoms with Crippen molar-refractivity contribution >= 4 is 5.97 Å². The topological polar surface area (TPSA) is 46.5 Å². The molecule has 0 aromatic heterocycles. The molecule has 0 aromatic rings. The zero-order valence-corrected chi connectivity index (χ0v) is 6.96. The average Bonchev–Trinajstić information content (AvgIpc) is 2.05. The van der Waals surface area contributed by atoms with Gasteiger partial charge in [0, 0.05) is 12.2 Å². The summed E-state index contributed by atoms with van der Waals surface area (Å²) in [7, 11) is 1.35. The lowest BCUT2D eigenvalue weighted by Crippen LogP contribution is -2.05. The Kier molecular flexibility index (Phi) is 5.47. The second-order valence-electron chi connectivity index (χ2n) is 2.13. The van der Waals surface area contributed by atoms with Crippen molar-refractivity contribution in [3.8, 4) is 0 Å². The van der Waals surface area contributed by atoms with Gasteiger partial charge in [-0.25, -0.2) is 4.79 Å². The molecule has 0 aliphatic heterocycles. The molecule has 11 heavy (non-hydrogen) atoms. The van der Waals surface area contributed by atoms with Crippen molar-refractivity contribution in [2.45, 2.75) is 19.8 Å². The molecular formula is C8H14O3. The monoisotopic (exact) mass is 158 g/mol. The summed E-state index contributed by atoms with van der Waals surface area (Å²) < 4.78 is 4.51. The van der Waals surface area contributed by atoms with E-state index in [4.69, 9.17) is 5.11 Å². The summed E-state index contributed by atoms with van der Waals surface area (Å²) in [5, 5.41) is 8.49. The Hall–Kier alpha value is -0.830. The second kappa shape index (κ2) is 5.92. The van der Waals surface area contributed by atoms with E-state index in [9.17, 15) is 4.79 Å². The normalized spacial score (nSPS) is 11.4. The molecule has 0 atom stereocenters. The van der Waals surface area contributed by atoms with Crippen LogP contribution in [-0.2, 0) is 9.53 Å². The van der Waals surface area contributed by atoms with E-state index in [1.54, 1.807) is 13.0 Å². The molecule has 0 fully saturated rings. The first-order valence-corrected chi connectivity index (χ1v) is 3.60. The summed E-state index contributed by atoms with van der Waals surface area (Å²) in [5.74, 6) is -0.305. The largest absolute Gasteiger partial charge is 0.466 e. The number of esters is 1. The third-order valence-electron chi connectivity index (χ3n) is 1.40. The zero-order chi connectivity index (χ0) is 8.69. The van der Waals surface area contributed by atoms with Crippen molar-refractivity contribution in [2.75, 3.05) is 13.7 Å². The molecule has 0 radical (unpaired) electrons. The summed E-state index contributed by atoms with van der Waals surface area (Å²) in [5.41, 5.74) is 0.626. The zero-order valence-electron chi connectivity index (χ0n) is 6.96. The first-order valence-electron chi connectivity index (χ1n) is 3.60. The minimum absolute atomic E-state index is 0.105. The fraction of sp³-hybridized carbons (Fsp3) is 0.625. The second-order valence-corrected chi connectivity index (χ2v) is 2.13. The molecule has 0 spiro atoms. The van der Waals surface area contributed by atoms with Crippen LogP contribution in [0.15, 0.2) is 11.6 Å². The van der Waals surface area contributed by atoms with Crippen molar-refractivity contribution in [1.82, 2.24) is 0 Å². The predicted octanol–water partition coefficient (Wildman–Crippen LogP) is 0.878. The summed E-state index contributed by atoms with van der Waals surface area (Å²) >= 11 is 0. The van der Waals surface area contributed by atoms with Crippen LogP contribution in [0.5, 0.6) is 0 Å². The highest BCUT2D eigenvalue weighted by molar-refractivity contribution is 5.88. The molecule has 0 aliphatic carbocycles. The Morgan fingerprint density at radius 3 is 2.64 bits per heavy atom. The third-order valence-corrected chi connectivity index (χ3v) is 1.40. The number of allylic oxidation sites excluding steroid dienone is 1. The molecule has 0 heterocycles. The number of hydrogen-bond donors (Lipinski definition) is 1. The standard InChI is InChI=1S/C8H14O3/c1-3-7(5-4-6-9)8(10)11-2/h3,9H,4-6H2,1-2H3. The maximum atomic E-state index is 10.9. The van der Waals surface area contributed by atoms with Crippen LogP contribution >= 0.6 is 0 Å². The van der Waals surface area contributed by atoms with Gasteiger partial charge in [0.05, 0.1) is 7.11 Å². The van der Waals surface area contributed by atoms with Crippen LogP contribution in [0, 0.1) is 0 Å². The fourth-order valence-electron chi connectivity index (χ4n) is 0.765. The van der Waals surface area contributed by atoms with Crippen LogP contribution in [0.3, 0.4) is 0 Å². The molecule has 0 saturated carbocycles. The Morgan fingerprint density at radius 1 is 1.64 bits per heavy atom. The highest BCUT2D eigenvalue weighted by atomic mass is 16.5. The van der Waals surface area contributed by atoms with Gasteiger partial charge in [0.15, 0.2) is 0 Å². The van der Waals surface area contributed by atoms with E-state index in [-0.39, 0.29) is 12.6 Å². The average molecular weight is 158 g/mol. The molecule has 3 nitrogen and oxygen atoms in total. The van der Waals surface area contributed by atoms with E-state index in [0.29, 0.717) is 18.4 Å². The number of methoxy groups -OCH3 is 1. The predicted molar refractivity (Wildman–Crippen MR) is 42.1 cm³/mol. The van der Waals surface area contributed by atoms with Crippen molar-refractivity contribution in [3.63, 3.8) is 0 Å². The van der Waals surface area contributed by atoms with Crippen LogP contribution in [-0.4, -0.2) is 24.8 Å². The highest BCUT2D eigenvalue weighted by Crippen LogP contribution is 2.05. The van der Waals surface area contributed by atoms with Crippen molar-refractivity contribution in [1.29, 1.82) is 0 Å². The van der Waals surface area contributed by atoms with Gasteiger partial charge in [-0.3, -0.25) is 0 Å². The number of carbonyl (C=O) groups excluding carboxylic acids is 1. The molecular weight excluding hydrogens is 144 g/mol. The van der Waals surface area contributed by atoms with Gasteiger partial charge in [-0.1, -0.05) is 6.08 Å². The summed E-state index contributed by atoms with van der Waals surface area (Å²) in [6.07, 6.45) is 2.90. The number of carbonyl (C=O) groups is 1. The Labute approximate surface area is 66.7 Å². The number of ether oxygens (including phenoxy) is 1. The highest BCUT2D eigenvalue weighted by Gasteiger charge is 2.06. The smallest absolute Gasteiger partial charge is 0.333 e. The lowest BCUT2D eigenvalue weighted by molar-refractivity contribution is -0.136. The maximum Gasteiger partial charge on any atom is 0.333 e. The Bertz CT molecular complexity index is 149. The van der Waals surface area contributed by atoms with Crippen molar-refractivity contribution in [2.24, 2.45) is 0 Å². The third kappa shape index (κ3) is 3.78. The molecule has 0 aliphatic rings. The van der Waals surface area contributed by atoms with Gasteiger partial charge in [0.25, 0.3) is 0 Å². The van der Waals surface area contributed by atoms with Gasteiger partial charge in [-0.05, 0) is 19.8 Å². The van der Waals surface area contributed by atoms with Crippen molar-refractivity contribution in [3.05, 3.63) is 11.6 Å². The molecule has 3 heteroatoms. The number of rotatable bonds is 4. The molecule has 64 valence electrons. The van der Waals surface area contributed by atoms with Gasteiger partial charge in [-0.15, -0.1) is 0 Å². The number of hydrogen-bond acceptors (Lipinski definition) is 3. The molecule has 0 saturated heterocycles. The van der Waals surface area contributed by atoms with E-state index in [1.165, 1.54) is 7.11 Å². The van der Waals surface area contributed by atoms with Gasteiger partial charge in [0.1, 0.15) is 0 Å². The maximum absolute atomic E-state index is 10.9. The van der Waals surface area contributed by atoms with E-state index in [2.05, 4.69) is 4.74 Å². The Balaban J connectivity index is 3.87. The Morgan fingerprint density at radius 2 is 2.27 bits per heavy atom. The van der Waals surface area contributed by atoms with Gasteiger partial charge < -0.3 is 9.84 Å². The van der Waals surface area contributed by atoms with Crippen LogP contribution in [0.25, 0.3) is 0 Å². The quantitative estimate of drug-likeness (QED) is 0.488. The minimum Gasteiger partial charge on any atom is -0.466 e. The lowest BCUT2D eigenvalue weighted by atomic mass is 10.1. The minimum atomic E-state index is -0.305. The van der Waals surface area contributed by atoms with E-state index in [0.717, 1.165) is 0 Å². The first-order chi connectivity index (χ1) is 5.26. The van der Waals surface area contributed by atoms with Crippen LogP contribution in [0.4, 0.5) is 0 Å². The van der Waals surface area contributed by atoms with Gasteiger partial charge >= 0.3 is 5.97 Å². The van der Waals surface area contributed by atoms with E-state index in [1.807, 2.05) is 0 Å². The molecule has 1 N–H and O–H groups in total. The number of aliphatic hydroxyl groups is 1. The van der Waals surface area contributed by atoms with E-state index >= 15 is 0 Å². The van der Waals surface area contributed by atoms with E-state index < -0.39 is 0 Å². The molecule has 0 unspecified atom stereocenters.